The fraction of sp³-hybridized carbons (Fsp3) is 0.417. The van der Waals surface area contributed by atoms with E-state index in [-0.39, 0.29) is 0 Å². The van der Waals surface area contributed by atoms with Crippen LogP contribution >= 0.6 is 34.2 Å². The number of halogens is 2. The maximum Gasteiger partial charge on any atom is 0.164 e. The van der Waals surface area contributed by atoms with E-state index in [0.717, 1.165) is 21.4 Å². The maximum atomic E-state index is 6.17. The van der Waals surface area contributed by atoms with Gasteiger partial charge in [-0.2, -0.15) is 5.10 Å². The molecule has 0 amide bonds. The van der Waals surface area contributed by atoms with Crippen LogP contribution in [0.25, 0.3) is 11.4 Å². The van der Waals surface area contributed by atoms with Crippen molar-refractivity contribution >= 4 is 34.2 Å². The minimum Gasteiger partial charge on any atom is -0.272 e. The van der Waals surface area contributed by atoms with Gasteiger partial charge in [0, 0.05) is 12.7 Å². The van der Waals surface area contributed by atoms with Gasteiger partial charge in [0.05, 0.1) is 21.0 Å². The molecule has 4 nitrogen and oxygen atoms in total. The predicted molar refractivity (Wildman–Crippen MR) is 80.7 cm³/mol. The fourth-order valence-corrected chi connectivity index (χ4v) is 2.64. The summed E-state index contributed by atoms with van der Waals surface area (Å²) in [5.41, 5.74) is 1.88. The van der Waals surface area contributed by atoms with Crippen molar-refractivity contribution in [3.05, 3.63) is 26.8 Å². The summed E-state index contributed by atoms with van der Waals surface area (Å²) in [6, 6.07) is 0. The number of hydrogen-bond acceptors (Lipinski definition) is 3. The van der Waals surface area contributed by atoms with Gasteiger partial charge in [0.15, 0.2) is 5.82 Å². The molecule has 0 saturated carbocycles. The van der Waals surface area contributed by atoms with Crippen LogP contribution in [0, 0.1) is 3.57 Å². The van der Waals surface area contributed by atoms with Gasteiger partial charge in [0.25, 0.3) is 0 Å². The monoisotopic (exact) mass is 376 g/mol. The lowest BCUT2D eigenvalue weighted by Gasteiger charge is -2.09. The molecule has 2 rings (SSSR count). The molecule has 0 unspecified atom stereocenters. The zero-order valence-electron chi connectivity index (χ0n) is 10.5. The molecule has 0 bridgehead atoms. The molecule has 2 heterocycles. The SMILES string of the molecule is CCn1cc(-c2nc(Cl)c(I)c(C(C)C)n2)cn1. The lowest BCUT2D eigenvalue weighted by atomic mass is 10.1. The van der Waals surface area contributed by atoms with E-state index in [1.54, 1.807) is 6.20 Å². The number of rotatable bonds is 3. The molecule has 18 heavy (non-hydrogen) atoms. The zero-order chi connectivity index (χ0) is 13.3. The lowest BCUT2D eigenvalue weighted by Crippen LogP contribution is -2.02. The highest BCUT2D eigenvalue weighted by Crippen LogP contribution is 2.27. The average Bonchev–Trinajstić information content (AvgIpc) is 2.80. The van der Waals surface area contributed by atoms with Gasteiger partial charge in [-0.3, -0.25) is 4.68 Å². The molecule has 0 N–H and O–H groups in total. The van der Waals surface area contributed by atoms with Gasteiger partial charge in [-0.05, 0) is 35.4 Å². The molecule has 2 aromatic heterocycles. The fourth-order valence-electron chi connectivity index (χ4n) is 1.60. The van der Waals surface area contributed by atoms with Gasteiger partial charge in [-0.25, -0.2) is 9.97 Å². The van der Waals surface area contributed by atoms with Gasteiger partial charge in [0.1, 0.15) is 5.15 Å². The van der Waals surface area contributed by atoms with Crippen LogP contribution in [0.4, 0.5) is 0 Å². The second kappa shape index (κ2) is 5.52. The molecule has 0 aliphatic rings. The van der Waals surface area contributed by atoms with E-state index >= 15 is 0 Å². The van der Waals surface area contributed by atoms with E-state index in [0.29, 0.717) is 16.9 Å². The Morgan fingerprint density at radius 2 is 2.11 bits per heavy atom. The summed E-state index contributed by atoms with van der Waals surface area (Å²) in [7, 11) is 0. The summed E-state index contributed by atoms with van der Waals surface area (Å²) in [6.45, 7) is 7.06. The van der Waals surface area contributed by atoms with E-state index in [1.165, 1.54) is 0 Å². The molecule has 2 aromatic rings. The summed E-state index contributed by atoms with van der Waals surface area (Å²) in [4.78, 5) is 8.92. The molecule has 6 heteroatoms. The smallest absolute Gasteiger partial charge is 0.164 e. The first-order chi connectivity index (χ1) is 8.52. The first-order valence-corrected chi connectivity index (χ1v) is 7.24. The van der Waals surface area contributed by atoms with Gasteiger partial charge in [0.2, 0.25) is 0 Å². The van der Waals surface area contributed by atoms with Crippen LogP contribution in [0.5, 0.6) is 0 Å². The highest BCUT2D eigenvalue weighted by Gasteiger charge is 2.15. The van der Waals surface area contributed by atoms with Crippen LogP contribution in [0.2, 0.25) is 5.15 Å². The quantitative estimate of drug-likeness (QED) is 0.605. The Kier molecular flexibility index (Phi) is 4.21. The largest absolute Gasteiger partial charge is 0.272 e. The van der Waals surface area contributed by atoms with Crippen molar-refractivity contribution in [1.29, 1.82) is 0 Å². The van der Waals surface area contributed by atoms with Gasteiger partial charge < -0.3 is 0 Å². The molecule has 0 fully saturated rings. The summed E-state index contributed by atoms with van der Waals surface area (Å²) >= 11 is 8.36. The van der Waals surface area contributed by atoms with E-state index in [2.05, 4.69) is 51.5 Å². The highest BCUT2D eigenvalue weighted by atomic mass is 127. The molecule has 0 aliphatic carbocycles. The van der Waals surface area contributed by atoms with Crippen molar-refractivity contribution in [1.82, 2.24) is 19.7 Å². The van der Waals surface area contributed by atoms with Crippen molar-refractivity contribution in [3.63, 3.8) is 0 Å². The Labute approximate surface area is 125 Å². The molecule has 0 radical (unpaired) electrons. The van der Waals surface area contributed by atoms with E-state index in [1.807, 2.05) is 17.8 Å². The van der Waals surface area contributed by atoms with E-state index < -0.39 is 0 Å². The van der Waals surface area contributed by atoms with E-state index in [9.17, 15) is 0 Å². The minimum absolute atomic E-state index is 0.317. The van der Waals surface area contributed by atoms with E-state index in [4.69, 9.17) is 11.6 Å². The number of nitrogens with zero attached hydrogens (tertiary/aromatic N) is 4. The Morgan fingerprint density at radius 1 is 1.39 bits per heavy atom. The van der Waals surface area contributed by atoms with Crippen molar-refractivity contribution in [2.75, 3.05) is 0 Å². The Morgan fingerprint density at radius 3 is 2.67 bits per heavy atom. The van der Waals surface area contributed by atoms with Crippen LogP contribution in [0.3, 0.4) is 0 Å². The highest BCUT2D eigenvalue weighted by molar-refractivity contribution is 14.1. The van der Waals surface area contributed by atoms with Crippen LogP contribution in [-0.2, 0) is 6.54 Å². The minimum atomic E-state index is 0.317. The van der Waals surface area contributed by atoms with Gasteiger partial charge >= 0.3 is 0 Å². The van der Waals surface area contributed by atoms with Gasteiger partial charge in [-0.15, -0.1) is 0 Å². The average molecular weight is 377 g/mol. The van der Waals surface area contributed by atoms with Crippen molar-refractivity contribution in [2.45, 2.75) is 33.2 Å². The molecular formula is C12H14ClIN4. The van der Waals surface area contributed by atoms with Crippen LogP contribution < -0.4 is 0 Å². The normalized spacial score (nSPS) is 11.2. The maximum absolute atomic E-state index is 6.17. The number of aryl methyl sites for hydroxylation is 1. The second-order valence-corrected chi connectivity index (χ2v) is 5.71. The molecule has 0 saturated heterocycles. The predicted octanol–water partition coefficient (Wildman–Crippen LogP) is 3.74. The molecule has 0 aromatic carbocycles. The summed E-state index contributed by atoms with van der Waals surface area (Å²) in [5, 5.41) is 4.74. The number of hydrogen-bond donors (Lipinski definition) is 0. The lowest BCUT2D eigenvalue weighted by molar-refractivity contribution is 0.660. The second-order valence-electron chi connectivity index (χ2n) is 4.28. The van der Waals surface area contributed by atoms with Crippen molar-refractivity contribution in [2.24, 2.45) is 0 Å². The molecule has 0 atom stereocenters. The third kappa shape index (κ3) is 2.66. The first kappa shape index (κ1) is 13.7. The summed E-state index contributed by atoms with van der Waals surface area (Å²) in [6.07, 6.45) is 3.70. The molecular weight excluding hydrogens is 363 g/mol. The summed E-state index contributed by atoms with van der Waals surface area (Å²) in [5.74, 6) is 0.959. The van der Waals surface area contributed by atoms with Crippen LogP contribution in [0.15, 0.2) is 12.4 Å². The van der Waals surface area contributed by atoms with Crippen molar-refractivity contribution < 1.29 is 0 Å². The molecule has 0 aliphatic heterocycles. The number of aromatic nitrogens is 4. The summed E-state index contributed by atoms with van der Waals surface area (Å²) < 4.78 is 2.77. The zero-order valence-corrected chi connectivity index (χ0v) is 13.4. The van der Waals surface area contributed by atoms with Gasteiger partial charge in [-0.1, -0.05) is 25.4 Å². The first-order valence-electron chi connectivity index (χ1n) is 5.78. The Balaban J connectivity index is 2.51. The molecule has 0 spiro atoms. The Hall–Kier alpha value is -0.690. The third-order valence-electron chi connectivity index (χ3n) is 2.60. The Bertz CT molecular complexity index is 565. The standard InChI is InChI=1S/C12H14ClIN4/c1-4-18-6-8(5-15-18)12-16-10(7(2)3)9(14)11(13)17-12/h5-7H,4H2,1-3H3. The van der Waals surface area contributed by atoms with Crippen LogP contribution in [-0.4, -0.2) is 19.7 Å². The van der Waals surface area contributed by atoms with Crippen molar-refractivity contribution in [3.8, 4) is 11.4 Å². The third-order valence-corrected chi connectivity index (χ3v) is 4.25. The molecule has 96 valence electrons. The topological polar surface area (TPSA) is 43.6 Å². The van der Waals surface area contributed by atoms with Crippen LogP contribution in [0.1, 0.15) is 32.4 Å².